The van der Waals surface area contributed by atoms with Crippen LogP contribution in [0.2, 0.25) is 0 Å². The molecule has 0 bridgehead atoms. The van der Waals surface area contributed by atoms with Crippen molar-refractivity contribution in [3.8, 4) is 0 Å². The Morgan fingerprint density at radius 1 is 1.53 bits per heavy atom. The molecule has 1 atom stereocenters. The van der Waals surface area contributed by atoms with E-state index >= 15 is 0 Å². The average Bonchev–Trinajstić information content (AvgIpc) is 2.95. The topological polar surface area (TPSA) is 50.3 Å². The summed E-state index contributed by atoms with van der Waals surface area (Å²) in [4.78, 5) is 2.27. The number of hydrogen-bond acceptors (Lipinski definition) is 6. The largest absolute Gasteiger partial charge is 0.383 e. The fourth-order valence-electron chi connectivity index (χ4n) is 2.06. The molecule has 2 rings (SSSR count). The summed E-state index contributed by atoms with van der Waals surface area (Å²) in [6.45, 7) is 5.73. The molecule has 1 fully saturated rings. The number of aryl methyl sites for hydroxylation is 1. The van der Waals surface area contributed by atoms with E-state index in [-0.39, 0.29) is 0 Å². The van der Waals surface area contributed by atoms with E-state index in [4.69, 9.17) is 4.74 Å². The van der Waals surface area contributed by atoms with Gasteiger partial charge in [-0.1, -0.05) is 11.3 Å². The lowest BCUT2D eigenvalue weighted by atomic mass is 10.2. The van der Waals surface area contributed by atoms with E-state index in [1.54, 1.807) is 18.4 Å². The zero-order valence-corrected chi connectivity index (χ0v) is 11.3. The number of anilines is 1. The minimum atomic E-state index is 0.580. The number of rotatable bonds is 6. The highest BCUT2D eigenvalue weighted by molar-refractivity contribution is 7.15. The number of aromatic nitrogens is 2. The lowest BCUT2D eigenvalue weighted by Crippen LogP contribution is -2.39. The van der Waals surface area contributed by atoms with E-state index < -0.39 is 0 Å². The van der Waals surface area contributed by atoms with Crippen molar-refractivity contribution in [3.63, 3.8) is 0 Å². The number of methoxy groups -OCH3 is 1. The summed E-state index contributed by atoms with van der Waals surface area (Å²) >= 11 is 1.65. The Bertz CT molecular complexity index is 338. The molecule has 2 heterocycles. The second-order valence-corrected chi connectivity index (χ2v) is 5.50. The summed E-state index contributed by atoms with van der Waals surface area (Å²) in [7, 11) is 1.73. The molecule has 17 heavy (non-hydrogen) atoms. The van der Waals surface area contributed by atoms with Crippen LogP contribution in [0.3, 0.4) is 0 Å². The third-order valence-corrected chi connectivity index (χ3v) is 3.85. The Kier molecular flexibility index (Phi) is 4.70. The van der Waals surface area contributed by atoms with Crippen LogP contribution in [-0.2, 0) is 4.74 Å². The molecule has 1 saturated heterocycles. The smallest absolute Gasteiger partial charge is 0.208 e. The first kappa shape index (κ1) is 12.7. The molecule has 0 spiro atoms. The zero-order chi connectivity index (χ0) is 12.1. The van der Waals surface area contributed by atoms with E-state index in [9.17, 15) is 0 Å². The second-order valence-electron chi connectivity index (χ2n) is 4.34. The van der Waals surface area contributed by atoms with Crippen molar-refractivity contribution in [2.45, 2.75) is 25.8 Å². The van der Waals surface area contributed by atoms with Gasteiger partial charge in [0, 0.05) is 26.2 Å². The third-order valence-electron chi connectivity index (χ3n) is 2.95. The highest BCUT2D eigenvalue weighted by Crippen LogP contribution is 2.20. The first-order valence-corrected chi connectivity index (χ1v) is 6.88. The minimum absolute atomic E-state index is 0.580. The van der Waals surface area contributed by atoms with Crippen molar-refractivity contribution in [1.82, 2.24) is 15.5 Å². The van der Waals surface area contributed by atoms with E-state index in [0.717, 1.165) is 36.4 Å². The van der Waals surface area contributed by atoms with Gasteiger partial charge in [-0.15, -0.1) is 10.2 Å². The summed E-state index contributed by atoms with van der Waals surface area (Å²) in [5, 5.41) is 13.8. The monoisotopic (exact) mass is 256 g/mol. The Morgan fingerprint density at radius 3 is 3.00 bits per heavy atom. The van der Waals surface area contributed by atoms with Gasteiger partial charge in [-0.2, -0.15) is 0 Å². The highest BCUT2D eigenvalue weighted by Gasteiger charge is 2.20. The SMILES string of the molecule is COCCN(CC1CCCN1)c1nnc(C)s1. The molecule has 0 saturated carbocycles. The van der Waals surface area contributed by atoms with Crippen LogP contribution < -0.4 is 10.2 Å². The lowest BCUT2D eigenvalue weighted by molar-refractivity contribution is 0.204. The number of nitrogens with zero attached hydrogens (tertiary/aromatic N) is 3. The highest BCUT2D eigenvalue weighted by atomic mass is 32.1. The maximum atomic E-state index is 5.16. The summed E-state index contributed by atoms with van der Waals surface area (Å²) in [6, 6.07) is 0.580. The van der Waals surface area contributed by atoms with Gasteiger partial charge >= 0.3 is 0 Å². The number of hydrogen-bond donors (Lipinski definition) is 1. The van der Waals surface area contributed by atoms with Crippen molar-refractivity contribution in [2.24, 2.45) is 0 Å². The molecule has 0 radical (unpaired) electrons. The molecular formula is C11H20N4OS. The van der Waals surface area contributed by atoms with E-state index in [0.29, 0.717) is 6.04 Å². The predicted octanol–water partition coefficient (Wildman–Crippen LogP) is 1.05. The van der Waals surface area contributed by atoms with Gasteiger partial charge in [0.25, 0.3) is 0 Å². The van der Waals surface area contributed by atoms with Gasteiger partial charge in [-0.05, 0) is 26.3 Å². The molecular weight excluding hydrogens is 236 g/mol. The molecule has 1 unspecified atom stereocenters. The average molecular weight is 256 g/mol. The fraction of sp³-hybridized carbons (Fsp3) is 0.818. The Labute approximate surface area is 106 Å². The van der Waals surface area contributed by atoms with Crippen LogP contribution in [0.5, 0.6) is 0 Å². The molecule has 0 aromatic carbocycles. The van der Waals surface area contributed by atoms with Crippen LogP contribution in [-0.4, -0.2) is 49.6 Å². The summed E-state index contributed by atoms with van der Waals surface area (Å²) in [5.74, 6) is 0. The Balaban J connectivity index is 1.96. The van der Waals surface area contributed by atoms with Gasteiger partial charge < -0.3 is 15.0 Å². The molecule has 0 amide bonds. The van der Waals surface area contributed by atoms with Gasteiger partial charge in [-0.25, -0.2) is 0 Å². The molecule has 1 aliphatic heterocycles. The quantitative estimate of drug-likeness (QED) is 0.824. The van der Waals surface area contributed by atoms with Crippen LogP contribution in [0.1, 0.15) is 17.8 Å². The molecule has 96 valence electrons. The zero-order valence-electron chi connectivity index (χ0n) is 10.5. The maximum absolute atomic E-state index is 5.16. The van der Waals surface area contributed by atoms with Crippen LogP contribution in [0.15, 0.2) is 0 Å². The van der Waals surface area contributed by atoms with Crippen LogP contribution in [0, 0.1) is 6.92 Å². The van der Waals surface area contributed by atoms with Gasteiger partial charge in [0.15, 0.2) is 0 Å². The van der Waals surface area contributed by atoms with Gasteiger partial charge in [0.05, 0.1) is 6.61 Å². The maximum Gasteiger partial charge on any atom is 0.208 e. The van der Waals surface area contributed by atoms with Gasteiger partial charge in [0.2, 0.25) is 5.13 Å². The van der Waals surface area contributed by atoms with Crippen molar-refractivity contribution in [3.05, 3.63) is 5.01 Å². The van der Waals surface area contributed by atoms with E-state index in [1.165, 1.54) is 12.8 Å². The summed E-state index contributed by atoms with van der Waals surface area (Å²) < 4.78 is 5.16. The molecule has 1 N–H and O–H groups in total. The van der Waals surface area contributed by atoms with E-state index in [1.807, 2.05) is 6.92 Å². The molecule has 6 heteroatoms. The minimum Gasteiger partial charge on any atom is -0.383 e. The van der Waals surface area contributed by atoms with Crippen molar-refractivity contribution >= 4 is 16.5 Å². The molecule has 1 aliphatic rings. The lowest BCUT2D eigenvalue weighted by Gasteiger charge is -2.24. The van der Waals surface area contributed by atoms with Crippen LogP contribution in [0.4, 0.5) is 5.13 Å². The fourth-order valence-corrected chi connectivity index (χ4v) is 2.78. The normalized spacial score (nSPS) is 19.8. The molecule has 1 aromatic rings. The summed E-state index contributed by atoms with van der Waals surface area (Å²) in [5.41, 5.74) is 0. The molecule has 1 aromatic heterocycles. The van der Waals surface area contributed by atoms with Gasteiger partial charge in [-0.3, -0.25) is 0 Å². The van der Waals surface area contributed by atoms with E-state index in [2.05, 4.69) is 20.4 Å². The van der Waals surface area contributed by atoms with Crippen LogP contribution in [0.25, 0.3) is 0 Å². The van der Waals surface area contributed by atoms with Crippen molar-refractivity contribution in [1.29, 1.82) is 0 Å². The number of ether oxygens (including phenoxy) is 1. The Hall–Kier alpha value is -0.720. The Morgan fingerprint density at radius 2 is 2.41 bits per heavy atom. The van der Waals surface area contributed by atoms with Gasteiger partial charge in [0.1, 0.15) is 5.01 Å². The molecule has 5 nitrogen and oxygen atoms in total. The van der Waals surface area contributed by atoms with Crippen LogP contribution >= 0.6 is 11.3 Å². The molecule has 0 aliphatic carbocycles. The third kappa shape index (κ3) is 3.62. The standard InChI is InChI=1S/C11H20N4OS/c1-9-13-14-11(17-9)15(6-7-16-2)8-10-4-3-5-12-10/h10,12H,3-8H2,1-2H3. The summed E-state index contributed by atoms with van der Waals surface area (Å²) in [6.07, 6.45) is 2.53. The second kappa shape index (κ2) is 6.28. The van der Waals surface area contributed by atoms with Crippen molar-refractivity contribution in [2.75, 3.05) is 38.3 Å². The first-order valence-electron chi connectivity index (χ1n) is 6.07. The van der Waals surface area contributed by atoms with Crippen molar-refractivity contribution < 1.29 is 4.74 Å². The first-order chi connectivity index (χ1) is 8.29. The number of nitrogens with one attached hydrogen (secondary N) is 1. The predicted molar refractivity (Wildman–Crippen MR) is 69.8 cm³/mol.